The molecule has 0 spiro atoms. The third-order valence-electron chi connectivity index (χ3n) is 4.53. The van der Waals surface area contributed by atoms with E-state index < -0.39 is 0 Å². The fourth-order valence-electron chi connectivity index (χ4n) is 3.32. The van der Waals surface area contributed by atoms with Gasteiger partial charge >= 0.3 is 0 Å². The highest BCUT2D eigenvalue weighted by atomic mass is 35.5. The average molecular weight is 334 g/mol. The van der Waals surface area contributed by atoms with Crippen LogP contribution in [0.25, 0.3) is 0 Å². The lowest BCUT2D eigenvalue weighted by molar-refractivity contribution is -0.126. The lowest BCUT2D eigenvalue weighted by atomic mass is 9.78. The number of hydrogen-bond acceptors (Lipinski definition) is 2. The summed E-state index contributed by atoms with van der Waals surface area (Å²) in [5.41, 5.74) is 0.739. The van der Waals surface area contributed by atoms with Crippen molar-refractivity contribution in [1.82, 2.24) is 5.32 Å². The SMILES string of the molecule is O=C(NCCc1cccs1)C1(c2ccc(Cl)cc2)CCCC1. The van der Waals surface area contributed by atoms with Crippen LogP contribution in [-0.4, -0.2) is 12.5 Å². The Balaban J connectivity index is 1.70. The van der Waals surface area contributed by atoms with E-state index in [2.05, 4.69) is 16.8 Å². The fraction of sp³-hybridized carbons (Fsp3) is 0.389. The van der Waals surface area contributed by atoms with Gasteiger partial charge in [-0.05, 0) is 48.4 Å². The third-order valence-corrected chi connectivity index (χ3v) is 5.71. The minimum absolute atomic E-state index is 0.170. The maximum absolute atomic E-state index is 12.8. The van der Waals surface area contributed by atoms with Crippen LogP contribution in [0.2, 0.25) is 5.02 Å². The second kappa shape index (κ2) is 6.84. The number of rotatable bonds is 5. The van der Waals surface area contributed by atoms with E-state index in [1.165, 1.54) is 4.88 Å². The van der Waals surface area contributed by atoms with Crippen LogP contribution in [0.5, 0.6) is 0 Å². The summed E-state index contributed by atoms with van der Waals surface area (Å²) in [4.78, 5) is 14.2. The first-order valence-electron chi connectivity index (χ1n) is 7.77. The van der Waals surface area contributed by atoms with E-state index in [4.69, 9.17) is 11.6 Å². The summed E-state index contributed by atoms with van der Waals surface area (Å²) in [7, 11) is 0. The molecule has 1 aromatic heterocycles. The summed E-state index contributed by atoms with van der Waals surface area (Å²) in [5, 5.41) is 5.94. The highest BCUT2D eigenvalue weighted by Crippen LogP contribution is 2.41. The van der Waals surface area contributed by atoms with Crippen molar-refractivity contribution in [3.8, 4) is 0 Å². The molecule has 2 aromatic rings. The van der Waals surface area contributed by atoms with Crippen LogP contribution in [0.1, 0.15) is 36.1 Å². The Morgan fingerprint density at radius 3 is 2.55 bits per heavy atom. The lowest BCUT2D eigenvalue weighted by Gasteiger charge is -2.28. The Bertz CT molecular complexity index is 615. The number of carbonyl (C=O) groups excluding carboxylic acids is 1. The Kier molecular flexibility index (Phi) is 4.84. The summed E-state index contributed by atoms with van der Waals surface area (Å²) in [5.74, 6) is 0.170. The van der Waals surface area contributed by atoms with Gasteiger partial charge in [0, 0.05) is 16.4 Å². The van der Waals surface area contributed by atoms with E-state index in [1.54, 1.807) is 11.3 Å². The highest BCUT2D eigenvalue weighted by Gasteiger charge is 2.42. The van der Waals surface area contributed by atoms with Crippen LogP contribution in [0.4, 0.5) is 0 Å². The van der Waals surface area contributed by atoms with Crippen LogP contribution >= 0.6 is 22.9 Å². The summed E-state index contributed by atoms with van der Waals surface area (Å²) in [6.07, 6.45) is 4.99. The first-order chi connectivity index (χ1) is 10.7. The molecule has 2 nitrogen and oxygen atoms in total. The first-order valence-corrected chi connectivity index (χ1v) is 9.03. The molecule has 0 aliphatic heterocycles. The minimum atomic E-state index is -0.361. The number of thiophene rings is 1. The second-order valence-corrected chi connectivity index (χ2v) is 7.35. The molecule has 1 saturated carbocycles. The summed E-state index contributed by atoms with van der Waals surface area (Å²) < 4.78 is 0. The maximum Gasteiger partial charge on any atom is 0.230 e. The van der Waals surface area contributed by atoms with Crippen molar-refractivity contribution in [2.75, 3.05) is 6.54 Å². The van der Waals surface area contributed by atoms with E-state index >= 15 is 0 Å². The van der Waals surface area contributed by atoms with E-state index in [-0.39, 0.29) is 11.3 Å². The van der Waals surface area contributed by atoms with Crippen molar-refractivity contribution in [3.63, 3.8) is 0 Å². The van der Waals surface area contributed by atoms with Crippen LogP contribution in [0.15, 0.2) is 41.8 Å². The Morgan fingerprint density at radius 2 is 1.91 bits per heavy atom. The van der Waals surface area contributed by atoms with E-state index in [0.717, 1.165) is 42.7 Å². The topological polar surface area (TPSA) is 29.1 Å². The molecule has 1 amide bonds. The molecule has 1 fully saturated rings. The third kappa shape index (κ3) is 3.21. The molecule has 0 atom stereocenters. The molecule has 0 unspecified atom stereocenters. The zero-order valence-corrected chi connectivity index (χ0v) is 14.1. The molecular weight excluding hydrogens is 314 g/mol. The van der Waals surface area contributed by atoms with Crippen molar-refractivity contribution in [3.05, 3.63) is 57.2 Å². The van der Waals surface area contributed by atoms with Gasteiger partial charge in [0.15, 0.2) is 0 Å². The van der Waals surface area contributed by atoms with Crippen LogP contribution < -0.4 is 5.32 Å². The fourth-order valence-corrected chi connectivity index (χ4v) is 4.15. The highest BCUT2D eigenvalue weighted by molar-refractivity contribution is 7.09. The summed E-state index contributed by atoms with van der Waals surface area (Å²) in [6.45, 7) is 0.703. The number of hydrogen-bond donors (Lipinski definition) is 1. The zero-order chi connectivity index (χ0) is 15.4. The molecular formula is C18H20ClNOS. The monoisotopic (exact) mass is 333 g/mol. The molecule has 1 aliphatic carbocycles. The van der Waals surface area contributed by atoms with Crippen molar-refractivity contribution >= 4 is 28.8 Å². The number of halogens is 1. The molecule has 1 aliphatic rings. The van der Waals surface area contributed by atoms with Crippen LogP contribution in [0.3, 0.4) is 0 Å². The molecule has 3 rings (SSSR count). The molecule has 0 radical (unpaired) electrons. The Hall–Kier alpha value is -1.32. The second-order valence-electron chi connectivity index (χ2n) is 5.88. The van der Waals surface area contributed by atoms with Gasteiger partial charge < -0.3 is 5.32 Å². The standard InChI is InChI=1S/C18H20ClNOS/c19-15-7-5-14(6-8-15)18(10-1-2-11-18)17(21)20-12-9-16-4-3-13-22-16/h3-8,13H,1-2,9-12H2,(H,20,21). The molecule has 22 heavy (non-hydrogen) atoms. The van der Waals surface area contributed by atoms with Crippen molar-refractivity contribution < 1.29 is 4.79 Å². The van der Waals surface area contributed by atoms with Gasteiger partial charge in [0.1, 0.15) is 0 Å². The Labute approximate surface area is 140 Å². The van der Waals surface area contributed by atoms with Gasteiger partial charge in [0.25, 0.3) is 0 Å². The van der Waals surface area contributed by atoms with Gasteiger partial charge in [-0.15, -0.1) is 11.3 Å². The first kappa shape index (κ1) is 15.6. The van der Waals surface area contributed by atoms with Gasteiger partial charge in [-0.2, -0.15) is 0 Å². The Morgan fingerprint density at radius 1 is 1.18 bits per heavy atom. The van der Waals surface area contributed by atoms with Gasteiger partial charge in [0.05, 0.1) is 5.41 Å². The molecule has 1 heterocycles. The molecule has 4 heteroatoms. The number of carbonyl (C=O) groups is 1. The van der Waals surface area contributed by atoms with Crippen LogP contribution in [-0.2, 0) is 16.6 Å². The van der Waals surface area contributed by atoms with Crippen molar-refractivity contribution in [2.45, 2.75) is 37.5 Å². The predicted molar refractivity (Wildman–Crippen MR) is 92.6 cm³/mol. The number of amides is 1. The number of benzene rings is 1. The quantitative estimate of drug-likeness (QED) is 0.853. The minimum Gasteiger partial charge on any atom is -0.355 e. The van der Waals surface area contributed by atoms with E-state index in [9.17, 15) is 4.79 Å². The maximum atomic E-state index is 12.8. The largest absolute Gasteiger partial charge is 0.355 e. The predicted octanol–water partition coefficient (Wildman–Crippen LogP) is 4.57. The van der Waals surface area contributed by atoms with Crippen LogP contribution in [0, 0.1) is 0 Å². The summed E-state index contributed by atoms with van der Waals surface area (Å²) in [6, 6.07) is 11.9. The molecule has 1 N–H and O–H groups in total. The van der Waals surface area contributed by atoms with Gasteiger partial charge in [-0.25, -0.2) is 0 Å². The molecule has 0 saturated heterocycles. The zero-order valence-electron chi connectivity index (χ0n) is 12.5. The number of nitrogens with one attached hydrogen (secondary N) is 1. The van der Waals surface area contributed by atoms with Gasteiger partial charge in [-0.3, -0.25) is 4.79 Å². The molecule has 1 aromatic carbocycles. The summed E-state index contributed by atoms with van der Waals surface area (Å²) >= 11 is 7.72. The average Bonchev–Trinajstić information content (AvgIpc) is 3.20. The lowest BCUT2D eigenvalue weighted by Crippen LogP contribution is -2.43. The van der Waals surface area contributed by atoms with Gasteiger partial charge in [0.2, 0.25) is 5.91 Å². The normalized spacial score (nSPS) is 16.6. The van der Waals surface area contributed by atoms with Gasteiger partial charge in [-0.1, -0.05) is 42.6 Å². The molecule has 0 bridgehead atoms. The smallest absolute Gasteiger partial charge is 0.230 e. The van der Waals surface area contributed by atoms with Crippen molar-refractivity contribution in [1.29, 1.82) is 0 Å². The van der Waals surface area contributed by atoms with E-state index in [1.807, 2.05) is 30.3 Å². The van der Waals surface area contributed by atoms with Crippen molar-refractivity contribution in [2.24, 2.45) is 0 Å². The molecule has 116 valence electrons. The van der Waals surface area contributed by atoms with E-state index in [0.29, 0.717) is 6.54 Å².